The summed E-state index contributed by atoms with van der Waals surface area (Å²) in [6.07, 6.45) is 3.31. The maximum absolute atomic E-state index is 11.5. The van der Waals surface area contributed by atoms with Crippen LogP contribution in [0.1, 0.15) is 29.6 Å². The van der Waals surface area contributed by atoms with Gasteiger partial charge >= 0.3 is 5.97 Å². The van der Waals surface area contributed by atoms with Gasteiger partial charge in [0.25, 0.3) is 0 Å². The molecule has 1 aromatic rings. The van der Waals surface area contributed by atoms with Gasteiger partial charge in [0.2, 0.25) is 0 Å². The van der Waals surface area contributed by atoms with Crippen molar-refractivity contribution in [3.05, 3.63) is 22.7 Å². The molecule has 0 amide bonds. The maximum atomic E-state index is 11.5. The van der Waals surface area contributed by atoms with Gasteiger partial charge in [-0.1, -0.05) is 11.6 Å². The Morgan fingerprint density at radius 1 is 1.45 bits per heavy atom. The molecule has 1 aromatic carbocycles. The molecule has 2 unspecified atom stereocenters. The second-order valence-electron chi connectivity index (χ2n) is 5.30. The molecule has 0 radical (unpaired) electrons. The Morgan fingerprint density at radius 2 is 2.25 bits per heavy atom. The van der Waals surface area contributed by atoms with Gasteiger partial charge in [0, 0.05) is 12.2 Å². The third-order valence-corrected chi connectivity index (χ3v) is 4.37. The van der Waals surface area contributed by atoms with E-state index in [9.17, 15) is 9.90 Å². The Labute approximate surface area is 122 Å². The van der Waals surface area contributed by atoms with E-state index in [1.54, 1.807) is 6.07 Å². The first-order chi connectivity index (χ1) is 9.58. The van der Waals surface area contributed by atoms with Crippen LogP contribution in [0.2, 0.25) is 5.02 Å². The largest absolute Gasteiger partial charge is 0.478 e. The molecule has 1 aliphatic heterocycles. The number of hydrogen-bond donors (Lipinski definition) is 2. The lowest BCUT2D eigenvalue weighted by Crippen LogP contribution is -2.49. The monoisotopic (exact) mass is 296 g/mol. The summed E-state index contributed by atoms with van der Waals surface area (Å²) < 4.78 is 5.76. The molecule has 20 heavy (non-hydrogen) atoms. The van der Waals surface area contributed by atoms with E-state index in [0.29, 0.717) is 29.5 Å². The van der Waals surface area contributed by atoms with Crippen molar-refractivity contribution >= 4 is 28.9 Å². The Balaban J connectivity index is 2.06. The van der Waals surface area contributed by atoms with Crippen LogP contribution in [0.4, 0.5) is 11.4 Å². The first-order valence-corrected chi connectivity index (χ1v) is 7.16. The molecule has 0 aromatic heterocycles. The number of rotatable bonds is 2. The van der Waals surface area contributed by atoms with Gasteiger partial charge < -0.3 is 20.5 Å². The molecule has 1 heterocycles. The average Bonchev–Trinajstić information content (AvgIpc) is 2.86. The van der Waals surface area contributed by atoms with Crippen molar-refractivity contribution < 1.29 is 14.6 Å². The highest BCUT2D eigenvalue weighted by Crippen LogP contribution is 2.39. The summed E-state index contributed by atoms with van der Waals surface area (Å²) >= 11 is 6.28. The van der Waals surface area contributed by atoms with Crippen molar-refractivity contribution in [2.24, 2.45) is 0 Å². The van der Waals surface area contributed by atoms with E-state index in [4.69, 9.17) is 22.1 Å². The Kier molecular flexibility index (Phi) is 3.48. The second kappa shape index (κ2) is 5.14. The molecule has 0 spiro atoms. The number of morpholine rings is 1. The Morgan fingerprint density at radius 3 is 3.00 bits per heavy atom. The fourth-order valence-corrected chi connectivity index (χ4v) is 3.61. The molecule has 2 atom stereocenters. The third kappa shape index (κ3) is 2.21. The number of benzene rings is 1. The van der Waals surface area contributed by atoms with Crippen LogP contribution in [0.5, 0.6) is 0 Å². The first-order valence-electron chi connectivity index (χ1n) is 6.78. The number of halogens is 1. The van der Waals surface area contributed by atoms with Crippen molar-refractivity contribution in [1.29, 1.82) is 0 Å². The van der Waals surface area contributed by atoms with E-state index >= 15 is 0 Å². The molecule has 1 saturated heterocycles. The molecule has 5 nitrogen and oxygen atoms in total. The number of carbonyl (C=O) groups is 1. The fraction of sp³-hybridized carbons (Fsp3) is 0.500. The topological polar surface area (TPSA) is 75.8 Å². The van der Waals surface area contributed by atoms with Crippen LogP contribution < -0.4 is 10.6 Å². The van der Waals surface area contributed by atoms with E-state index in [-0.39, 0.29) is 17.7 Å². The zero-order valence-corrected chi connectivity index (χ0v) is 11.8. The van der Waals surface area contributed by atoms with Crippen molar-refractivity contribution in [3.8, 4) is 0 Å². The summed E-state index contributed by atoms with van der Waals surface area (Å²) in [6, 6.07) is 3.30. The smallest absolute Gasteiger partial charge is 0.337 e. The lowest BCUT2D eigenvalue weighted by molar-refractivity contribution is 0.0254. The minimum atomic E-state index is -1.00. The van der Waals surface area contributed by atoms with Crippen LogP contribution >= 0.6 is 11.6 Å². The molecule has 108 valence electrons. The number of hydrogen-bond acceptors (Lipinski definition) is 4. The van der Waals surface area contributed by atoms with Gasteiger partial charge in [-0.2, -0.15) is 0 Å². The van der Waals surface area contributed by atoms with E-state index in [1.807, 2.05) is 0 Å². The minimum Gasteiger partial charge on any atom is -0.478 e. The molecule has 2 aliphatic rings. The van der Waals surface area contributed by atoms with Crippen molar-refractivity contribution in [2.45, 2.75) is 31.4 Å². The number of anilines is 2. The standard InChI is InChI=1S/C14H17ClN2O3/c15-10-7-8(16)6-9(14(18)19)13(10)17-4-5-20-12-3-1-2-11(12)17/h6-7,11-12H,1-5,16H2,(H,18,19). The van der Waals surface area contributed by atoms with Gasteiger partial charge in [0.05, 0.1) is 35.0 Å². The summed E-state index contributed by atoms with van der Waals surface area (Å²) in [5.74, 6) is -1.00. The number of nitrogens with two attached hydrogens (primary N) is 1. The normalized spacial score (nSPS) is 25.6. The first kappa shape index (κ1) is 13.5. The summed E-state index contributed by atoms with van der Waals surface area (Å²) in [5, 5.41) is 9.81. The van der Waals surface area contributed by atoms with Gasteiger partial charge in [-0.05, 0) is 31.4 Å². The third-order valence-electron chi connectivity index (χ3n) is 4.09. The van der Waals surface area contributed by atoms with E-state index in [0.717, 1.165) is 19.3 Å². The average molecular weight is 297 g/mol. The summed E-state index contributed by atoms with van der Waals surface area (Å²) in [4.78, 5) is 13.6. The Hall–Kier alpha value is -1.46. The predicted octanol–water partition coefficient (Wildman–Crippen LogP) is 2.38. The van der Waals surface area contributed by atoms with Gasteiger partial charge in [-0.25, -0.2) is 4.79 Å². The molecule has 3 N–H and O–H groups in total. The van der Waals surface area contributed by atoms with E-state index in [1.165, 1.54) is 6.07 Å². The molecular formula is C14H17ClN2O3. The lowest BCUT2D eigenvalue weighted by atomic mass is 10.1. The zero-order valence-electron chi connectivity index (χ0n) is 11.0. The molecule has 6 heteroatoms. The second-order valence-corrected chi connectivity index (χ2v) is 5.71. The van der Waals surface area contributed by atoms with Crippen LogP contribution in [-0.2, 0) is 4.74 Å². The lowest BCUT2D eigenvalue weighted by Gasteiger charge is -2.40. The molecule has 0 bridgehead atoms. The highest BCUT2D eigenvalue weighted by Gasteiger charge is 2.38. The summed E-state index contributed by atoms with van der Waals surface area (Å²) in [7, 11) is 0. The van der Waals surface area contributed by atoms with Gasteiger partial charge in [0.1, 0.15) is 0 Å². The molecule has 1 aliphatic carbocycles. The van der Waals surface area contributed by atoms with Gasteiger partial charge in [-0.15, -0.1) is 0 Å². The number of fused-ring (bicyclic) bond motifs is 1. The van der Waals surface area contributed by atoms with E-state index < -0.39 is 5.97 Å². The number of ether oxygens (including phenoxy) is 1. The van der Waals surface area contributed by atoms with Crippen LogP contribution in [0.25, 0.3) is 0 Å². The number of carboxylic acid groups (broad SMARTS) is 1. The Bertz CT molecular complexity index is 549. The molecule has 2 fully saturated rings. The molecular weight excluding hydrogens is 280 g/mol. The predicted molar refractivity (Wildman–Crippen MR) is 77.5 cm³/mol. The van der Waals surface area contributed by atoms with Crippen LogP contribution in [0.3, 0.4) is 0 Å². The van der Waals surface area contributed by atoms with Crippen molar-refractivity contribution in [2.75, 3.05) is 23.8 Å². The summed E-state index contributed by atoms with van der Waals surface area (Å²) in [6.45, 7) is 1.26. The number of nitrogen functional groups attached to an aromatic ring is 1. The van der Waals surface area contributed by atoms with Gasteiger partial charge in [0.15, 0.2) is 0 Å². The summed E-state index contributed by atoms with van der Waals surface area (Å²) in [5.41, 5.74) is 6.83. The highest BCUT2D eigenvalue weighted by molar-refractivity contribution is 6.34. The number of nitrogens with zero attached hydrogens (tertiary/aromatic N) is 1. The quantitative estimate of drug-likeness (QED) is 0.820. The fourth-order valence-electron chi connectivity index (χ4n) is 3.28. The number of aromatic carboxylic acids is 1. The molecule has 3 rings (SSSR count). The molecule has 1 saturated carbocycles. The number of carboxylic acids is 1. The van der Waals surface area contributed by atoms with E-state index in [2.05, 4.69) is 4.90 Å². The van der Waals surface area contributed by atoms with Crippen LogP contribution in [-0.4, -0.2) is 36.4 Å². The zero-order chi connectivity index (χ0) is 14.3. The highest BCUT2D eigenvalue weighted by atomic mass is 35.5. The minimum absolute atomic E-state index is 0.169. The SMILES string of the molecule is Nc1cc(Cl)c(N2CCOC3CCCC32)c(C(=O)O)c1. The van der Waals surface area contributed by atoms with Crippen LogP contribution in [0.15, 0.2) is 12.1 Å². The maximum Gasteiger partial charge on any atom is 0.337 e. The van der Waals surface area contributed by atoms with Crippen LogP contribution in [0, 0.1) is 0 Å². The van der Waals surface area contributed by atoms with Crippen molar-refractivity contribution in [1.82, 2.24) is 0 Å². The van der Waals surface area contributed by atoms with Gasteiger partial charge in [-0.3, -0.25) is 0 Å². The van der Waals surface area contributed by atoms with Crippen molar-refractivity contribution in [3.63, 3.8) is 0 Å².